The van der Waals surface area contributed by atoms with Gasteiger partial charge < -0.3 is 34.9 Å². The van der Waals surface area contributed by atoms with Gasteiger partial charge in [-0.25, -0.2) is 9.59 Å². The SMILES string of the molecule is CCC(C)(CC(C)(C)N(Cc1ccccc1)C(C)(CC)CC(C)(CC)n1c(C)c(C(=O)C(C)=O)c2c(OCC(=O)O)cccc21)N1C2=CC=CC(OCC(=O)O)C2(C)C(C(=O)C(N)=O)=C1C. The van der Waals surface area contributed by atoms with E-state index in [0.717, 1.165) is 5.56 Å². The summed E-state index contributed by atoms with van der Waals surface area (Å²) in [4.78, 5) is 81.4. The first-order chi connectivity index (χ1) is 30.8. The van der Waals surface area contributed by atoms with Crippen molar-refractivity contribution in [2.75, 3.05) is 13.2 Å². The average molecular weight is 909 g/mol. The summed E-state index contributed by atoms with van der Waals surface area (Å²) in [6.45, 7) is 23.4. The number of aromatic nitrogens is 1. The zero-order valence-electron chi connectivity index (χ0n) is 40.7. The summed E-state index contributed by atoms with van der Waals surface area (Å²) in [6.07, 6.45) is 7.57. The van der Waals surface area contributed by atoms with Crippen LogP contribution in [0.5, 0.6) is 5.75 Å². The molecule has 356 valence electrons. The Morgan fingerprint density at radius 3 is 1.98 bits per heavy atom. The van der Waals surface area contributed by atoms with Gasteiger partial charge in [-0.1, -0.05) is 69.3 Å². The van der Waals surface area contributed by atoms with Crippen LogP contribution in [0.3, 0.4) is 0 Å². The summed E-state index contributed by atoms with van der Waals surface area (Å²) in [5.74, 6) is -5.44. The average Bonchev–Trinajstić information content (AvgIpc) is 3.70. The van der Waals surface area contributed by atoms with Crippen LogP contribution in [0.4, 0.5) is 0 Å². The van der Waals surface area contributed by atoms with Crippen LogP contribution in [0, 0.1) is 12.3 Å². The van der Waals surface area contributed by atoms with Crippen molar-refractivity contribution in [3.63, 3.8) is 0 Å². The minimum Gasteiger partial charge on any atom is -0.481 e. The molecule has 2 aromatic carbocycles. The number of hydrogen-bond acceptors (Lipinski definition) is 10. The van der Waals surface area contributed by atoms with Gasteiger partial charge in [-0.2, -0.15) is 0 Å². The standard InChI is InChI=1S/C52H68N4O10/c1-13-49(9,31-51(11,15-3)55-32(4)42(45(62)34(6)57)43-36(55)23-19-24-37(43)65-28-40(58)59)54(27-35-21-17-16-18-22-35)48(7,8)30-50(10,14-2)56-33(5)44(46(63)47(53)64)52(12)38(56)25-20-26-39(52)66-29-41(60)61/h16-26,39H,13-15,27-31H2,1-12H3,(H2,53,64)(H,58,59)(H,60,61). The highest BCUT2D eigenvalue weighted by atomic mass is 16.5. The lowest BCUT2D eigenvalue weighted by atomic mass is 9.71. The van der Waals surface area contributed by atoms with E-state index in [4.69, 9.17) is 15.2 Å². The van der Waals surface area contributed by atoms with Crippen LogP contribution in [-0.4, -0.2) is 95.7 Å². The number of carbonyl (C=O) groups excluding carboxylic acids is 4. The number of benzene rings is 2. The van der Waals surface area contributed by atoms with Gasteiger partial charge in [-0.05, 0) is 111 Å². The predicted octanol–water partition coefficient (Wildman–Crippen LogP) is 8.28. The molecule has 1 aromatic heterocycles. The van der Waals surface area contributed by atoms with Crippen LogP contribution in [0.1, 0.15) is 130 Å². The molecule has 66 heavy (non-hydrogen) atoms. The topological polar surface area (TPSA) is 199 Å². The minimum atomic E-state index is -1.23. The molecule has 14 heteroatoms. The van der Waals surface area contributed by atoms with Gasteiger partial charge in [-0.15, -0.1) is 0 Å². The van der Waals surface area contributed by atoms with Gasteiger partial charge >= 0.3 is 11.9 Å². The largest absolute Gasteiger partial charge is 0.481 e. The summed E-state index contributed by atoms with van der Waals surface area (Å²) >= 11 is 0. The molecule has 5 rings (SSSR count). The van der Waals surface area contributed by atoms with Crippen molar-refractivity contribution in [2.24, 2.45) is 11.1 Å². The Morgan fingerprint density at radius 2 is 1.44 bits per heavy atom. The number of allylic oxidation sites excluding steroid dienone is 3. The first kappa shape index (κ1) is 51.1. The highest BCUT2D eigenvalue weighted by Gasteiger charge is 2.58. The second-order valence-corrected chi connectivity index (χ2v) is 19.6. The number of carboxylic acid groups (broad SMARTS) is 2. The lowest BCUT2D eigenvalue weighted by molar-refractivity contribution is -0.145. The van der Waals surface area contributed by atoms with Crippen LogP contribution in [0.2, 0.25) is 0 Å². The minimum absolute atomic E-state index is 0.171. The number of Topliss-reactive ketones (excluding diaryl/α,β-unsaturated/α-hetero) is 3. The molecule has 0 bridgehead atoms. The summed E-state index contributed by atoms with van der Waals surface area (Å²) in [5.41, 5.74) is 5.84. The fourth-order valence-electron chi connectivity index (χ4n) is 11.3. The zero-order chi connectivity index (χ0) is 49.3. The third-order valence-corrected chi connectivity index (χ3v) is 14.5. The van der Waals surface area contributed by atoms with Gasteiger partial charge in [0.25, 0.3) is 5.91 Å². The van der Waals surface area contributed by atoms with Crippen LogP contribution >= 0.6 is 0 Å². The van der Waals surface area contributed by atoms with Gasteiger partial charge in [0.2, 0.25) is 11.6 Å². The molecular weight excluding hydrogens is 841 g/mol. The molecule has 2 heterocycles. The Morgan fingerprint density at radius 1 is 0.818 bits per heavy atom. The second kappa shape index (κ2) is 19.2. The third kappa shape index (κ3) is 9.26. The fourth-order valence-corrected chi connectivity index (χ4v) is 11.3. The summed E-state index contributed by atoms with van der Waals surface area (Å²) < 4.78 is 13.8. The Labute approximate surface area is 388 Å². The number of amides is 1. The molecule has 0 spiro atoms. The quantitative estimate of drug-likeness (QED) is 0.0609. The Hall–Kier alpha value is -5.86. The van der Waals surface area contributed by atoms with E-state index in [2.05, 4.69) is 81.9 Å². The molecule has 1 aliphatic heterocycles. The molecule has 0 fully saturated rings. The Kier molecular flexibility index (Phi) is 14.8. The smallest absolute Gasteiger partial charge is 0.341 e. The lowest BCUT2D eigenvalue weighted by Crippen LogP contribution is -2.62. The van der Waals surface area contributed by atoms with Crippen molar-refractivity contribution >= 4 is 46.1 Å². The fraction of sp³-hybridized carbons (Fsp3) is 0.500. The van der Waals surface area contributed by atoms with E-state index in [1.54, 1.807) is 31.2 Å². The van der Waals surface area contributed by atoms with Crippen molar-refractivity contribution in [2.45, 2.75) is 150 Å². The number of rotatable bonds is 23. The van der Waals surface area contributed by atoms with Crippen molar-refractivity contribution in [1.82, 2.24) is 14.4 Å². The number of nitrogens with zero attached hydrogens (tertiary/aromatic N) is 3. The normalized spacial score (nSPS) is 20.0. The molecule has 0 saturated carbocycles. The van der Waals surface area contributed by atoms with E-state index < -0.39 is 82.1 Å². The van der Waals surface area contributed by atoms with E-state index in [-0.39, 0.29) is 16.9 Å². The van der Waals surface area contributed by atoms with E-state index in [0.29, 0.717) is 66.6 Å². The van der Waals surface area contributed by atoms with Crippen molar-refractivity contribution < 1.29 is 48.5 Å². The molecule has 0 saturated heterocycles. The maximum absolute atomic E-state index is 13.9. The van der Waals surface area contributed by atoms with Gasteiger partial charge in [-0.3, -0.25) is 24.1 Å². The molecule has 4 N–H and O–H groups in total. The number of aliphatic carboxylic acids is 2. The number of primary amides is 1. The maximum atomic E-state index is 13.9. The lowest BCUT2D eigenvalue weighted by Gasteiger charge is -2.57. The highest BCUT2D eigenvalue weighted by molar-refractivity contribution is 6.45. The first-order valence-electron chi connectivity index (χ1n) is 22.7. The van der Waals surface area contributed by atoms with Crippen molar-refractivity contribution in [3.05, 3.63) is 101 Å². The van der Waals surface area contributed by atoms with E-state index in [1.807, 2.05) is 44.2 Å². The molecule has 5 unspecified atom stereocenters. The van der Waals surface area contributed by atoms with Crippen molar-refractivity contribution in [3.8, 4) is 5.75 Å². The zero-order valence-corrected chi connectivity index (χ0v) is 40.7. The number of hydrogen-bond donors (Lipinski definition) is 3. The first-order valence-corrected chi connectivity index (χ1v) is 22.7. The predicted molar refractivity (Wildman–Crippen MR) is 253 cm³/mol. The van der Waals surface area contributed by atoms with Crippen LogP contribution in [-0.2, 0) is 40.8 Å². The van der Waals surface area contributed by atoms with Gasteiger partial charge in [0.15, 0.2) is 12.4 Å². The number of nitrogens with two attached hydrogens (primary N) is 1. The number of carbonyl (C=O) groups is 6. The van der Waals surface area contributed by atoms with Crippen molar-refractivity contribution in [1.29, 1.82) is 0 Å². The number of fused-ring (bicyclic) bond motifs is 2. The molecule has 2 aliphatic rings. The number of ether oxygens (including phenoxy) is 2. The second-order valence-electron chi connectivity index (χ2n) is 19.6. The molecular formula is C52H68N4O10. The molecule has 1 amide bonds. The summed E-state index contributed by atoms with van der Waals surface area (Å²) in [7, 11) is 0. The highest BCUT2D eigenvalue weighted by Crippen LogP contribution is 2.57. The van der Waals surface area contributed by atoms with E-state index in [1.165, 1.54) is 6.92 Å². The number of carboxylic acids is 2. The summed E-state index contributed by atoms with van der Waals surface area (Å²) in [5, 5.41) is 19.5. The Bertz CT molecular complexity index is 2520. The molecule has 14 nitrogen and oxygen atoms in total. The maximum Gasteiger partial charge on any atom is 0.341 e. The van der Waals surface area contributed by atoms with Gasteiger partial charge in [0.05, 0.1) is 28.0 Å². The molecule has 0 radical (unpaired) electrons. The summed E-state index contributed by atoms with van der Waals surface area (Å²) in [6, 6.07) is 15.5. The van der Waals surface area contributed by atoms with E-state index >= 15 is 0 Å². The Balaban J connectivity index is 1.69. The van der Waals surface area contributed by atoms with E-state index in [9.17, 15) is 39.0 Å². The van der Waals surface area contributed by atoms with Gasteiger partial charge in [0.1, 0.15) is 12.4 Å². The molecule has 1 aliphatic carbocycles. The van der Waals surface area contributed by atoms with Gasteiger partial charge in [0, 0.05) is 58.3 Å². The van der Waals surface area contributed by atoms with Crippen LogP contribution in [0.15, 0.2) is 83.7 Å². The molecule has 5 atom stereocenters. The monoisotopic (exact) mass is 908 g/mol. The molecule has 3 aromatic rings. The number of ketones is 3. The van der Waals surface area contributed by atoms with Crippen LogP contribution in [0.25, 0.3) is 10.9 Å². The third-order valence-electron chi connectivity index (χ3n) is 14.5. The van der Waals surface area contributed by atoms with Crippen LogP contribution < -0.4 is 10.5 Å².